The highest BCUT2D eigenvalue weighted by Gasteiger charge is 2.09. The van der Waals surface area contributed by atoms with Crippen LogP contribution in [0.2, 0.25) is 0 Å². The molecule has 0 saturated carbocycles. The van der Waals surface area contributed by atoms with E-state index in [4.69, 9.17) is 0 Å². The maximum absolute atomic E-state index is 12.0. The molecule has 0 aliphatic carbocycles. The van der Waals surface area contributed by atoms with E-state index in [2.05, 4.69) is 0 Å². The molecule has 0 bridgehead atoms. The Morgan fingerprint density at radius 3 is 2.17 bits per heavy atom. The molecular weight excluding hydrogens is 222 g/mol. The second-order valence-electron chi connectivity index (χ2n) is 4.44. The lowest BCUT2D eigenvalue weighted by Crippen LogP contribution is -2.21. The second-order valence-corrected chi connectivity index (χ2v) is 4.44. The fraction of sp³-hybridized carbons (Fsp3) is 0.188. The van der Waals surface area contributed by atoms with Crippen molar-refractivity contribution in [3.05, 3.63) is 77.0 Å². The number of nitrogens with zero attached hydrogens (tertiary/aromatic N) is 1. The molecule has 0 fully saturated rings. The molecule has 0 N–H and O–H groups in total. The third kappa shape index (κ3) is 3.45. The zero-order valence-corrected chi connectivity index (χ0v) is 10.5. The van der Waals surface area contributed by atoms with Crippen LogP contribution in [0.1, 0.15) is 18.1 Å². The van der Waals surface area contributed by atoms with Gasteiger partial charge in [0.1, 0.15) is 0 Å². The Morgan fingerprint density at radius 1 is 1.00 bits per heavy atom. The van der Waals surface area contributed by atoms with E-state index in [1.807, 2.05) is 67.6 Å². The van der Waals surface area contributed by atoms with Gasteiger partial charge in [0, 0.05) is 12.0 Å². The minimum Gasteiger partial charge on any atom is -0.624 e. The van der Waals surface area contributed by atoms with Gasteiger partial charge in [0.25, 0.3) is 0 Å². The van der Waals surface area contributed by atoms with E-state index < -0.39 is 0 Å². The van der Waals surface area contributed by atoms with Crippen LogP contribution in [-0.4, -0.2) is 17.0 Å². The Kier molecular flexibility index (Phi) is 4.13. The molecule has 0 amide bonds. The first-order valence-electron chi connectivity index (χ1n) is 6.15. The van der Waals surface area contributed by atoms with Gasteiger partial charge in [-0.15, -0.1) is 0 Å². The highest BCUT2D eigenvalue weighted by atomic mass is 16.5. The van der Waals surface area contributed by atoms with Crippen molar-refractivity contribution in [1.82, 2.24) is 0 Å². The molecule has 0 radical (unpaired) electrons. The number of rotatable bonds is 4. The summed E-state index contributed by atoms with van der Waals surface area (Å²) in [6.07, 6.45) is 2.40. The summed E-state index contributed by atoms with van der Waals surface area (Å²) in [5, 5.41) is 12.0. The maximum atomic E-state index is 12.0. The van der Waals surface area contributed by atoms with E-state index in [1.165, 1.54) is 5.56 Å². The molecule has 0 aliphatic rings. The van der Waals surface area contributed by atoms with Crippen molar-refractivity contribution in [2.24, 2.45) is 0 Å². The molecule has 2 aromatic carbocycles. The largest absolute Gasteiger partial charge is 0.624 e. The quantitative estimate of drug-likeness (QED) is 0.348. The van der Waals surface area contributed by atoms with Crippen molar-refractivity contribution in [3.63, 3.8) is 0 Å². The molecule has 2 heteroatoms. The SMILES string of the molecule is CC(Cc1ccccc1)[N+]([O-])=Cc1ccccc1. The third-order valence-electron chi connectivity index (χ3n) is 2.88. The van der Waals surface area contributed by atoms with Crippen LogP contribution in [0.4, 0.5) is 0 Å². The molecule has 1 atom stereocenters. The molecule has 0 saturated heterocycles. The molecule has 0 spiro atoms. The highest BCUT2D eigenvalue weighted by Crippen LogP contribution is 2.05. The van der Waals surface area contributed by atoms with Gasteiger partial charge in [0.05, 0.1) is 0 Å². The van der Waals surface area contributed by atoms with Crippen LogP contribution in [0.15, 0.2) is 60.7 Å². The monoisotopic (exact) mass is 239 g/mol. The van der Waals surface area contributed by atoms with E-state index in [0.717, 1.165) is 16.7 Å². The fourth-order valence-corrected chi connectivity index (χ4v) is 1.86. The lowest BCUT2D eigenvalue weighted by molar-refractivity contribution is -0.491. The van der Waals surface area contributed by atoms with Gasteiger partial charge in [-0.05, 0) is 24.6 Å². The average molecular weight is 239 g/mol. The smallest absolute Gasteiger partial charge is 0.182 e. The van der Waals surface area contributed by atoms with E-state index in [1.54, 1.807) is 6.21 Å². The van der Waals surface area contributed by atoms with Gasteiger partial charge in [0.2, 0.25) is 0 Å². The minimum absolute atomic E-state index is 0.0624. The molecule has 1 unspecified atom stereocenters. The molecule has 2 nitrogen and oxygen atoms in total. The Hall–Kier alpha value is -2.09. The van der Waals surface area contributed by atoms with Crippen molar-refractivity contribution in [2.75, 3.05) is 0 Å². The van der Waals surface area contributed by atoms with Crippen LogP contribution in [-0.2, 0) is 6.42 Å². The summed E-state index contributed by atoms with van der Waals surface area (Å²) in [5.74, 6) is 0. The Morgan fingerprint density at radius 2 is 1.56 bits per heavy atom. The molecular formula is C16H17NO. The van der Waals surface area contributed by atoms with Crippen molar-refractivity contribution in [3.8, 4) is 0 Å². The van der Waals surface area contributed by atoms with Crippen molar-refractivity contribution in [1.29, 1.82) is 0 Å². The molecule has 0 heterocycles. The summed E-state index contributed by atoms with van der Waals surface area (Å²) in [5.41, 5.74) is 2.12. The van der Waals surface area contributed by atoms with Crippen LogP contribution in [0.3, 0.4) is 0 Å². The summed E-state index contributed by atoms with van der Waals surface area (Å²) in [7, 11) is 0. The van der Waals surface area contributed by atoms with E-state index in [-0.39, 0.29) is 6.04 Å². The molecule has 18 heavy (non-hydrogen) atoms. The summed E-state index contributed by atoms with van der Waals surface area (Å²) in [6, 6.07) is 19.7. The van der Waals surface area contributed by atoms with Crippen molar-refractivity contribution >= 4 is 6.21 Å². The molecule has 0 aromatic heterocycles. The zero-order chi connectivity index (χ0) is 12.8. The lowest BCUT2D eigenvalue weighted by atomic mass is 10.1. The molecule has 92 valence electrons. The van der Waals surface area contributed by atoms with Crippen LogP contribution in [0.5, 0.6) is 0 Å². The lowest BCUT2D eigenvalue weighted by Gasteiger charge is -2.12. The van der Waals surface area contributed by atoms with E-state index >= 15 is 0 Å². The van der Waals surface area contributed by atoms with Gasteiger partial charge in [-0.2, -0.15) is 0 Å². The predicted octanol–water partition coefficient (Wildman–Crippen LogP) is 3.25. The number of hydrogen-bond donors (Lipinski definition) is 0. The van der Waals surface area contributed by atoms with Crippen LogP contribution in [0, 0.1) is 5.21 Å². The van der Waals surface area contributed by atoms with Crippen molar-refractivity contribution in [2.45, 2.75) is 19.4 Å². The van der Waals surface area contributed by atoms with Gasteiger partial charge >= 0.3 is 0 Å². The summed E-state index contributed by atoms with van der Waals surface area (Å²) < 4.78 is 1.03. The molecule has 2 aromatic rings. The van der Waals surface area contributed by atoms with E-state index in [9.17, 15) is 5.21 Å². The van der Waals surface area contributed by atoms with Gasteiger partial charge in [-0.3, -0.25) is 0 Å². The molecule has 0 aliphatic heterocycles. The zero-order valence-electron chi connectivity index (χ0n) is 10.5. The van der Waals surface area contributed by atoms with Crippen molar-refractivity contribution < 1.29 is 4.74 Å². The highest BCUT2D eigenvalue weighted by molar-refractivity contribution is 5.75. The summed E-state index contributed by atoms with van der Waals surface area (Å²) in [6.45, 7) is 1.94. The number of hydrogen-bond acceptors (Lipinski definition) is 1. The van der Waals surface area contributed by atoms with Crippen LogP contribution < -0.4 is 0 Å². The number of benzene rings is 2. The normalized spacial score (nSPS) is 13.3. The first kappa shape index (κ1) is 12.4. The second kappa shape index (κ2) is 6.01. The van der Waals surface area contributed by atoms with Gasteiger partial charge in [-0.1, -0.05) is 48.5 Å². The molecule has 2 rings (SSSR count). The number of hydroxylamine groups is 1. The van der Waals surface area contributed by atoms with Gasteiger partial charge < -0.3 is 5.21 Å². The van der Waals surface area contributed by atoms with Crippen LogP contribution in [0.25, 0.3) is 0 Å². The van der Waals surface area contributed by atoms with Gasteiger partial charge in [0.15, 0.2) is 12.3 Å². The third-order valence-corrected chi connectivity index (χ3v) is 2.88. The Balaban J connectivity index is 2.05. The first-order chi connectivity index (χ1) is 8.75. The topological polar surface area (TPSA) is 26.1 Å². The summed E-state index contributed by atoms with van der Waals surface area (Å²) in [4.78, 5) is 0. The first-order valence-corrected chi connectivity index (χ1v) is 6.15. The Labute approximate surface area is 108 Å². The average Bonchev–Trinajstić information content (AvgIpc) is 2.41. The van der Waals surface area contributed by atoms with Gasteiger partial charge in [-0.25, -0.2) is 4.74 Å². The Bertz CT molecular complexity index is 505. The maximum Gasteiger partial charge on any atom is 0.182 e. The van der Waals surface area contributed by atoms with E-state index in [0.29, 0.717) is 0 Å². The standard InChI is InChI=1S/C16H17NO/c1-14(12-15-8-4-2-5-9-15)17(18)13-16-10-6-3-7-11-16/h2-11,13-14H,12H2,1H3. The fourth-order valence-electron chi connectivity index (χ4n) is 1.86. The van der Waals surface area contributed by atoms with Crippen LogP contribution >= 0.6 is 0 Å². The predicted molar refractivity (Wildman–Crippen MR) is 74.8 cm³/mol. The minimum atomic E-state index is -0.0624. The summed E-state index contributed by atoms with van der Waals surface area (Å²) >= 11 is 0.